The van der Waals surface area contributed by atoms with Gasteiger partial charge in [-0.2, -0.15) is 5.21 Å². The minimum atomic E-state index is 0.459. The highest BCUT2D eigenvalue weighted by Crippen LogP contribution is 2.32. The minimum Gasteiger partial charge on any atom is -0.210 e. The number of nitrogens with one attached hydrogen (secondary N) is 1. The summed E-state index contributed by atoms with van der Waals surface area (Å²) in [7, 11) is 0. The molecule has 94 valence electrons. The summed E-state index contributed by atoms with van der Waals surface area (Å²) in [6.45, 7) is 0. The molecule has 1 heterocycles. The Hall–Kier alpha value is -1.49. The number of rotatable bonds is 2. The van der Waals surface area contributed by atoms with Crippen LogP contribution in [0.15, 0.2) is 24.3 Å². The Labute approximate surface area is 111 Å². The summed E-state index contributed by atoms with van der Waals surface area (Å²) in [6, 6.07) is 8.57. The maximum atomic E-state index is 5.08. The van der Waals surface area contributed by atoms with Crippen LogP contribution in [0.25, 0.3) is 5.69 Å². The van der Waals surface area contributed by atoms with Gasteiger partial charge in [-0.05, 0) is 48.7 Å². The van der Waals surface area contributed by atoms with Gasteiger partial charge in [-0.3, -0.25) is 0 Å². The van der Waals surface area contributed by atoms with E-state index in [0.29, 0.717) is 4.77 Å². The van der Waals surface area contributed by atoms with E-state index in [1.807, 2.05) is 0 Å². The van der Waals surface area contributed by atoms with Crippen molar-refractivity contribution in [1.29, 1.82) is 0 Å². The molecule has 0 amide bonds. The number of benzene rings is 1. The number of aromatic nitrogens is 4. The highest BCUT2D eigenvalue weighted by molar-refractivity contribution is 7.71. The summed E-state index contributed by atoms with van der Waals surface area (Å²) in [4.78, 5) is 0. The quantitative estimate of drug-likeness (QED) is 0.842. The third kappa shape index (κ3) is 2.22. The van der Waals surface area contributed by atoms with Crippen LogP contribution in [0.4, 0.5) is 0 Å². The lowest BCUT2D eigenvalue weighted by Crippen LogP contribution is -2.05. The monoisotopic (exact) mass is 260 g/mol. The van der Waals surface area contributed by atoms with E-state index in [2.05, 4.69) is 39.8 Å². The zero-order chi connectivity index (χ0) is 12.4. The van der Waals surface area contributed by atoms with Crippen molar-refractivity contribution in [2.24, 2.45) is 0 Å². The normalized spacial score (nSPS) is 16.9. The molecule has 2 aromatic rings. The SMILES string of the molecule is S=c1nn[nH]n1-c1ccc(C2CCCCC2)cc1. The van der Waals surface area contributed by atoms with E-state index < -0.39 is 0 Å². The number of tetrazole rings is 1. The maximum absolute atomic E-state index is 5.08. The van der Waals surface area contributed by atoms with E-state index in [1.54, 1.807) is 4.68 Å². The van der Waals surface area contributed by atoms with Crippen molar-refractivity contribution in [3.8, 4) is 5.69 Å². The van der Waals surface area contributed by atoms with Gasteiger partial charge in [-0.1, -0.05) is 41.7 Å². The molecule has 0 bridgehead atoms. The largest absolute Gasteiger partial charge is 0.242 e. The molecular formula is C13H16N4S. The summed E-state index contributed by atoms with van der Waals surface area (Å²) < 4.78 is 2.17. The maximum Gasteiger partial charge on any atom is 0.242 e. The van der Waals surface area contributed by atoms with Crippen molar-refractivity contribution in [3.05, 3.63) is 34.6 Å². The molecule has 4 nitrogen and oxygen atoms in total. The van der Waals surface area contributed by atoms with Crippen molar-refractivity contribution < 1.29 is 0 Å². The smallest absolute Gasteiger partial charge is 0.210 e. The predicted octanol–water partition coefficient (Wildman–Crippen LogP) is 3.37. The Bertz CT molecular complexity index is 563. The minimum absolute atomic E-state index is 0.459. The summed E-state index contributed by atoms with van der Waals surface area (Å²) >= 11 is 5.08. The van der Waals surface area contributed by atoms with Crippen LogP contribution in [-0.4, -0.2) is 20.2 Å². The van der Waals surface area contributed by atoms with Gasteiger partial charge in [-0.15, -0.1) is 0 Å². The lowest BCUT2D eigenvalue weighted by Gasteiger charge is -2.22. The first-order valence-electron chi connectivity index (χ1n) is 6.45. The van der Waals surface area contributed by atoms with Gasteiger partial charge in [0.05, 0.1) is 5.69 Å². The molecule has 0 atom stereocenters. The standard InChI is InChI=1S/C13H16N4S/c18-13-14-15-16-17(13)12-8-6-11(7-9-12)10-4-2-1-3-5-10/h6-10H,1-5H2,(H,14,16,18). The Morgan fingerprint density at radius 2 is 1.83 bits per heavy atom. The molecule has 1 aliphatic rings. The molecule has 1 aromatic heterocycles. The zero-order valence-corrected chi connectivity index (χ0v) is 11.0. The van der Waals surface area contributed by atoms with E-state index in [1.165, 1.54) is 37.7 Å². The van der Waals surface area contributed by atoms with Gasteiger partial charge in [0.15, 0.2) is 0 Å². The molecule has 5 heteroatoms. The Morgan fingerprint density at radius 1 is 1.11 bits per heavy atom. The average Bonchev–Trinajstić information content (AvgIpc) is 2.86. The molecule has 0 spiro atoms. The van der Waals surface area contributed by atoms with E-state index in [0.717, 1.165) is 11.6 Å². The third-order valence-corrected chi connectivity index (χ3v) is 3.96. The fourth-order valence-corrected chi connectivity index (χ4v) is 2.88. The Morgan fingerprint density at radius 3 is 2.44 bits per heavy atom. The molecule has 0 unspecified atom stereocenters. The molecular weight excluding hydrogens is 244 g/mol. The van der Waals surface area contributed by atoms with Gasteiger partial charge in [0.2, 0.25) is 4.77 Å². The van der Waals surface area contributed by atoms with E-state index >= 15 is 0 Å². The van der Waals surface area contributed by atoms with Gasteiger partial charge in [0.1, 0.15) is 0 Å². The van der Waals surface area contributed by atoms with Crippen molar-refractivity contribution >= 4 is 12.2 Å². The Balaban J connectivity index is 1.85. The van der Waals surface area contributed by atoms with Crippen LogP contribution in [0, 0.1) is 4.77 Å². The first-order valence-corrected chi connectivity index (χ1v) is 6.86. The molecule has 1 fully saturated rings. The topological polar surface area (TPSA) is 46.5 Å². The second-order valence-electron chi connectivity index (χ2n) is 4.84. The van der Waals surface area contributed by atoms with Gasteiger partial charge in [0.25, 0.3) is 0 Å². The van der Waals surface area contributed by atoms with Crippen LogP contribution in [0.3, 0.4) is 0 Å². The van der Waals surface area contributed by atoms with Gasteiger partial charge >= 0.3 is 0 Å². The van der Waals surface area contributed by atoms with E-state index in [4.69, 9.17) is 12.2 Å². The first kappa shape index (κ1) is 11.6. The first-order chi connectivity index (χ1) is 8.84. The van der Waals surface area contributed by atoms with Gasteiger partial charge in [-0.25, -0.2) is 4.68 Å². The zero-order valence-electron chi connectivity index (χ0n) is 10.2. The number of nitrogens with zero attached hydrogens (tertiary/aromatic N) is 3. The molecule has 1 N–H and O–H groups in total. The van der Waals surface area contributed by atoms with Gasteiger partial charge < -0.3 is 0 Å². The molecule has 18 heavy (non-hydrogen) atoms. The van der Waals surface area contributed by atoms with Crippen molar-refractivity contribution in [2.75, 3.05) is 0 Å². The van der Waals surface area contributed by atoms with Crippen LogP contribution >= 0.6 is 12.2 Å². The molecule has 1 aromatic carbocycles. The lowest BCUT2D eigenvalue weighted by atomic mass is 9.84. The molecule has 0 radical (unpaired) electrons. The van der Waals surface area contributed by atoms with Crippen LogP contribution in [-0.2, 0) is 0 Å². The number of H-pyrrole nitrogens is 1. The second-order valence-corrected chi connectivity index (χ2v) is 5.21. The van der Waals surface area contributed by atoms with Crippen molar-refractivity contribution in [1.82, 2.24) is 20.2 Å². The highest BCUT2D eigenvalue weighted by atomic mass is 32.1. The third-order valence-electron chi connectivity index (χ3n) is 3.70. The number of hydrogen-bond donors (Lipinski definition) is 1. The summed E-state index contributed by atoms with van der Waals surface area (Å²) in [5.74, 6) is 0.737. The van der Waals surface area contributed by atoms with E-state index in [-0.39, 0.29) is 0 Å². The molecule has 1 aliphatic carbocycles. The number of hydrogen-bond acceptors (Lipinski definition) is 3. The van der Waals surface area contributed by atoms with Crippen molar-refractivity contribution in [2.45, 2.75) is 38.0 Å². The van der Waals surface area contributed by atoms with Crippen LogP contribution in [0.1, 0.15) is 43.6 Å². The summed E-state index contributed by atoms with van der Waals surface area (Å²) in [6.07, 6.45) is 6.77. The highest BCUT2D eigenvalue weighted by Gasteiger charge is 2.15. The lowest BCUT2D eigenvalue weighted by molar-refractivity contribution is 0.443. The second kappa shape index (κ2) is 5.02. The fraction of sp³-hybridized carbons (Fsp3) is 0.462. The molecule has 1 saturated carbocycles. The van der Waals surface area contributed by atoms with Crippen molar-refractivity contribution in [3.63, 3.8) is 0 Å². The van der Waals surface area contributed by atoms with E-state index in [9.17, 15) is 0 Å². The predicted molar refractivity (Wildman–Crippen MR) is 72.4 cm³/mol. The molecule has 0 aliphatic heterocycles. The van der Waals surface area contributed by atoms with Gasteiger partial charge in [0, 0.05) is 0 Å². The Kier molecular flexibility index (Phi) is 3.23. The van der Waals surface area contributed by atoms with Crippen LogP contribution in [0.5, 0.6) is 0 Å². The summed E-state index contributed by atoms with van der Waals surface area (Å²) in [5.41, 5.74) is 2.43. The average molecular weight is 260 g/mol. The fourth-order valence-electron chi connectivity index (χ4n) is 2.70. The molecule has 0 saturated heterocycles. The molecule has 3 rings (SSSR count). The van der Waals surface area contributed by atoms with Crippen LogP contribution in [0.2, 0.25) is 0 Å². The summed E-state index contributed by atoms with van der Waals surface area (Å²) in [5, 5.41) is 10.2. The van der Waals surface area contributed by atoms with Crippen LogP contribution < -0.4 is 0 Å². The number of aromatic amines is 1.